The second kappa shape index (κ2) is 14.0. The SMILES string of the molecule is c1ccc(-c2ccc3ccc4cc5c(-c6ccccc6)nc6cc(-c7ccc(-c8nc(-c9ccccc9)nc(-c9ccccc9)n8)cc7)ccc6c5nc4c3n2)cc1. The molecule has 0 amide bonds. The minimum Gasteiger partial charge on any atom is -0.247 e. The number of pyridine rings is 3. The Bertz CT molecular complexity index is 3240. The third-order valence-electron chi connectivity index (χ3n) is 10.7. The van der Waals surface area contributed by atoms with Crippen LogP contribution in [0.1, 0.15) is 0 Å². The van der Waals surface area contributed by atoms with Gasteiger partial charge in [0.15, 0.2) is 17.5 Å². The van der Waals surface area contributed by atoms with Crippen molar-refractivity contribution in [1.29, 1.82) is 0 Å². The largest absolute Gasteiger partial charge is 0.247 e. The van der Waals surface area contributed by atoms with Crippen LogP contribution in [-0.2, 0) is 0 Å². The zero-order valence-corrected chi connectivity index (χ0v) is 31.2. The maximum atomic E-state index is 5.44. The highest BCUT2D eigenvalue weighted by molar-refractivity contribution is 6.15. The molecule has 0 atom stereocenters. The van der Waals surface area contributed by atoms with E-state index in [4.69, 9.17) is 29.9 Å². The summed E-state index contributed by atoms with van der Waals surface area (Å²) >= 11 is 0. The highest BCUT2D eigenvalue weighted by Crippen LogP contribution is 2.37. The molecule has 6 heteroatoms. The summed E-state index contributed by atoms with van der Waals surface area (Å²) in [4.78, 5) is 30.7. The fraction of sp³-hybridized carbons (Fsp3) is 0. The summed E-state index contributed by atoms with van der Waals surface area (Å²) < 4.78 is 0. The molecule has 11 aromatic rings. The first-order valence-electron chi connectivity index (χ1n) is 19.3. The first kappa shape index (κ1) is 33.4. The lowest BCUT2D eigenvalue weighted by molar-refractivity contribution is 1.07. The fourth-order valence-electron chi connectivity index (χ4n) is 7.72. The summed E-state index contributed by atoms with van der Waals surface area (Å²) in [7, 11) is 0. The lowest BCUT2D eigenvalue weighted by Gasteiger charge is -2.13. The van der Waals surface area contributed by atoms with Crippen LogP contribution in [0.2, 0.25) is 0 Å². The third-order valence-corrected chi connectivity index (χ3v) is 10.7. The summed E-state index contributed by atoms with van der Waals surface area (Å²) in [6.07, 6.45) is 0. The number of fused-ring (bicyclic) bond motifs is 6. The minimum atomic E-state index is 0.620. The quantitative estimate of drug-likeness (QED) is 0.125. The van der Waals surface area contributed by atoms with Crippen molar-refractivity contribution in [2.45, 2.75) is 0 Å². The van der Waals surface area contributed by atoms with Crippen molar-refractivity contribution in [2.75, 3.05) is 0 Å². The standard InChI is InChI=1S/C52H32N6/c1-5-13-34(14-6-1)44-30-28-36-23-26-41-31-43-46(35-15-7-2-8-16-35)54-45-32-40(27-29-42(45)49(43)55-48(41)47(36)53-44)33-21-24-39(25-22-33)52-57-50(37-17-9-3-10-18-37)56-51(58-52)38-19-11-4-12-20-38/h1-32H. The van der Waals surface area contributed by atoms with E-state index in [9.17, 15) is 0 Å². The Morgan fingerprint density at radius 2 is 0.741 bits per heavy atom. The van der Waals surface area contributed by atoms with Gasteiger partial charge in [-0.25, -0.2) is 29.9 Å². The van der Waals surface area contributed by atoms with Gasteiger partial charge in [-0.15, -0.1) is 0 Å². The van der Waals surface area contributed by atoms with Crippen LogP contribution in [-0.4, -0.2) is 29.9 Å². The zero-order chi connectivity index (χ0) is 38.4. The zero-order valence-electron chi connectivity index (χ0n) is 31.2. The molecular weight excluding hydrogens is 709 g/mol. The summed E-state index contributed by atoms with van der Waals surface area (Å²) in [5.41, 5.74) is 12.4. The topological polar surface area (TPSA) is 77.3 Å². The fourth-order valence-corrected chi connectivity index (χ4v) is 7.72. The van der Waals surface area contributed by atoms with Crippen LogP contribution < -0.4 is 0 Å². The van der Waals surface area contributed by atoms with Crippen molar-refractivity contribution in [2.24, 2.45) is 0 Å². The van der Waals surface area contributed by atoms with Gasteiger partial charge in [-0.05, 0) is 35.4 Å². The van der Waals surface area contributed by atoms with Crippen LogP contribution in [0.5, 0.6) is 0 Å². The Morgan fingerprint density at radius 1 is 0.259 bits per heavy atom. The van der Waals surface area contributed by atoms with Crippen LogP contribution in [0, 0.1) is 0 Å². The average Bonchev–Trinajstić information content (AvgIpc) is 3.31. The monoisotopic (exact) mass is 740 g/mol. The van der Waals surface area contributed by atoms with Crippen molar-refractivity contribution >= 4 is 43.6 Å². The van der Waals surface area contributed by atoms with E-state index >= 15 is 0 Å². The van der Waals surface area contributed by atoms with Crippen molar-refractivity contribution < 1.29 is 0 Å². The molecule has 11 rings (SSSR count). The third kappa shape index (κ3) is 6.01. The van der Waals surface area contributed by atoms with Gasteiger partial charge in [-0.1, -0.05) is 170 Å². The maximum Gasteiger partial charge on any atom is 0.164 e. The van der Waals surface area contributed by atoms with Crippen LogP contribution in [0.25, 0.3) is 111 Å². The van der Waals surface area contributed by atoms with Gasteiger partial charge in [0, 0.05) is 49.4 Å². The molecule has 0 saturated heterocycles. The molecule has 0 radical (unpaired) electrons. The van der Waals surface area contributed by atoms with Gasteiger partial charge in [-0.2, -0.15) is 0 Å². The molecule has 0 fully saturated rings. The number of hydrogen-bond acceptors (Lipinski definition) is 6. The van der Waals surface area contributed by atoms with Crippen LogP contribution in [0.4, 0.5) is 0 Å². The van der Waals surface area contributed by atoms with Gasteiger partial charge in [0.05, 0.1) is 33.5 Å². The molecule has 0 bridgehead atoms. The first-order chi connectivity index (χ1) is 28.7. The van der Waals surface area contributed by atoms with Gasteiger partial charge in [0.2, 0.25) is 0 Å². The van der Waals surface area contributed by atoms with Crippen LogP contribution in [0.3, 0.4) is 0 Å². The van der Waals surface area contributed by atoms with E-state index in [1.807, 2.05) is 84.9 Å². The number of aromatic nitrogens is 6. The van der Waals surface area contributed by atoms with Crippen LogP contribution in [0.15, 0.2) is 194 Å². The summed E-state index contributed by atoms with van der Waals surface area (Å²) in [6.45, 7) is 0. The Labute approximate surface area is 334 Å². The van der Waals surface area contributed by atoms with E-state index in [-0.39, 0.29) is 0 Å². The van der Waals surface area contributed by atoms with E-state index in [2.05, 4.69) is 109 Å². The normalized spacial score (nSPS) is 11.4. The lowest BCUT2D eigenvalue weighted by atomic mass is 9.98. The average molecular weight is 741 g/mol. The number of nitrogens with zero attached hydrogens (tertiary/aromatic N) is 6. The Hall–Kier alpha value is -7.96. The van der Waals surface area contributed by atoms with E-state index in [0.29, 0.717) is 17.5 Å². The molecule has 0 saturated carbocycles. The number of hydrogen-bond donors (Lipinski definition) is 0. The van der Waals surface area contributed by atoms with Gasteiger partial charge in [0.25, 0.3) is 0 Å². The molecule has 0 spiro atoms. The van der Waals surface area contributed by atoms with Crippen molar-refractivity contribution in [3.05, 3.63) is 194 Å². The van der Waals surface area contributed by atoms with Crippen molar-refractivity contribution in [1.82, 2.24) is 29.9 Å². The van der Waals surface area contributed by atoms with E-state index < -0.39 is 0 Å². The van der Waals surface area contributed by atoms with Gasteiger partial charge < -0.3 is 0 Å². The summed E-state index contributed by atoms with van der Waals surface area (Å²) in [6, 6.07) is 66.4. The summed E-state index contributed by atoms with van der Waals surface area (Å²) in [5, 5.41) is 4.07. The predicted molar refractivity (Wildman–Crippen MR) is 236 cm³/mol. The molecule has 270 valence electrons. The molecule has 0 aliphatic rings. The second-order valence-corrected chi connectivity index (χ2v) is 14.3. The molecule has 6 nitrogen and oxygen atoms in total. The van der Waals surface area contributed by atoms with Gasteiger partial charge >= 0.3 is 0 Å². The second-order valence-electron chi connectivity index (χ2n) is 14.3. The minimum absolute atomic E-state index is 0.620. The molecular formula is C52H32N6. The highest BCUT2D eigenvalue weighted by Gasteiger charge is 2.17. The lowest BCUT2D eigenvalue weighted by Crippen LogP contribution is -2.00. The number of benzene rings is 7. The predicted octanol–water partition coefficient (Wildman–Crippen LogP) is 12.7. The first-order valence-corrected chi connectivity index (χ1v) is 19.3. The Balaban J connectivity index is 1.04. The van der Waals surface area contributed by atoms with Gasteiger partial charge in [0.1, 0.15) is 0 Å². The molecule has 0 unspecified atom stereocenters. The molecule has 7 aromatic carbocycles. The Kier molecular flexibility index (Phi) is 8.04. The highest BCUT2D eigenvalue weighted by atomic mass is 15.0. The molecule has 0 N–H and O–H groups in total. The van der Waals surface area contributed by atoms with E-state index in [1.165, 1.54) is 0 Å². The summed E-state index contributed by atoms with van der Waals surface area (Å²) in [5.74, 6) is 1.89. The van der Waals surface area contributed by atoms with E-state index in [1.54, 1.807) is 0 Å². The van der Waals surface area contributed by atoms with Crippen LogP contribution >= 0.6 is 0 Å². The molecule has 0 aliphatic heterocycles. The van der Waals surface area contributed by atoms with Gasteiger partial charge in [-0.3, -0.25) is 0 Å². The van der Waals surface area contributed by atoms with E-state index in [0.717, 1.165) is 93.9 Å². The Morgan fingerprint density at radius 3 is 1.36 bits per heavy atom. The smallest absolute Gasteiger partial charge is 0.164 e. The number of rotatable bonds is 6. The molecule has 4 aromatic heterocycles. The molecule has 58 heavy (non-hydrogen) atoms. The van der Waals surface area contributed by atoms with Crippen molar-refractivity contribution in [3.8, 4) is 67.8 Å². The molecule has 0 aliphatic carbocycles. The molecule has 4 heterocycles. The van der Waals surface area contributed by atoms with Crippen molar-refractivity contribution in [3.63, 3.8) is 0 Å². The maximum absolute atomic E-state index is 5.44.